The number of hydrogen-bond acceptors (Lipinski definition) is 3. The number of nitrogens with zero attached hydrogens (tertiary/aromatic N) is 2. The van der Waals surface area contributed by atoms with Crippen molar-refractivity contribution in [2.45, 2.75) is 31.7 Å². The van der Waals surface area contributed by atoms with Gasteiger partial charge >= 0.3 is 0 Å². The molecule has 0 bridgehead atoms. The monoisotopic (exact) mass is 257 g/mol. The maximum absolute atomic E-state index is 12.4. The number of Topliss-reactive ketones (excluding diaryl/α,β-unsaturated/α-hetero) is 1. The van der Waals surface area contributed by atoms with E-state index < -0.39 is 0 Å². The van der Waals surface area contributed by atoms with Crippen LogP contribution in [0.3, 0.4) is 0 Å². The summed E-state index contributed by atoms with van der Waals surface area (Å²) in [7, 11) is 1.91. The summed E-state index contributed by atoms with van der Waals surface area (Å²) in [5.74, 6) is 0.715. The molecule has 0 amide bonds. The quantitative estimate of drug-likeness (QED) is 0.858. The van der Waals surface area contributed by atoms with E-state index in [1.807, 2.05) is 35.9 Å². The molecule has 1 aliphatic heterocycles. The number of piperidine rings is 1. The minimum absolute atomic E-state index is 0.137. The van der Waals surface area contributed by atoms with Crippen LogP contribution in [-0.2, 0) is 7.05 Å². The number of fused-ring (bicyclic) bond motifs is 1. The fourth-order valence-electron chi connectivity index (χ4n) is 2.81. The van der Waals surface area contributed by atoms with Gasteiger partial charge < -0.3 is 9.88 Å². The number of rotatable bonds is 3. The first kappa shape index (κ1) is 12.4. The molecular formula is C15H19N3O. The molecule has 1 N–H and O–H groups in total. The number of carbonyl (C=O) groups is 1. The van der Waals surface area contributed by atoms with Crippen LogP contribution in [0.2, 0.25) is 0 Å². The number of aryl methyl sites for hydroxylation is 1. The molecule has 1 atom stereocenters. The van der Waals surface area contributed by atoms with Gasteiger partial charge in [-0.15, -0.1) is 0 Å². The predicted molar refractivity (Wildman–Crippen MR) is 75.3 cm³/mol. The van der Waals surface area contributed by atoms with E-state index in [1.165, 1.54) is 12.8 Å². The second-order valence-electron chi connectivity index (χ2n) is 5.26. The Hall–Kier alpha value is -1.68. The second-order valence-corrected chi connectivity index (χ2v) is 5.26. The number of hydrogen-bond donors (Lipinski definition) is 1. The Kier molecular flexibility index (Phi) is 3.34. The van der Waals surface area contributed by atoms with Gasteiger partial charge in [-0.2, -0.15) is 0 Å². The van der Waals surface area contributed by atoms with Gasteiger partial charge in [0.1, 0.15) is 0 Å². The van der Waals surface area contributed by atoms with Crippen LogP contribution in [0.1, 0.15) is 36.3 Å². The molecule has 2 heterocycles. The first-order chi connectivity index (χ1) is 9.25. The normalized spacial score (nSPS) is 19.7. The Labute approximate surface area is 112 Å². The van der Waals surface area contributed by atoms with E-state index in [1.54, 1.807) is 0 Å². The minimum atomic E-state index is 0.137. The van der Waals surface area contributed by atoms with Crippen molar-refractivity contribution >= 4 is 16.8 Å². The Morgan fingerprint density at radius 1 is 1.42 bits per heavy atom. The zero-order valence-corrected chi connectivity index (χ0v) is 11.2. The molecule has 1 unspecified atom stereocenters. The third-order valence-electron chi connectivity index (χ3n) is 3.88. The highest BCUT2D eigenvalue weighted by atomic mass is 16.1. The van der Waals surface area contributed by atoms with Gasteiger partial charge in [-0.05, 0) is 31.5 Å². The minimum Gasteiger partial charge on any atom is -0.325 e. The van der Waals surface area contributed by atoms with Crippen molar-refractivity contribution in [1.29, 1.82) is 0 Å². The molecule has 100 valence electrons. The Morgan fingerprint density at radius 2 is 2.26 bits per heavy atom. The fraction of sp³-hybridized carbons (Fsp3) is 0.467. The molecule has 19 heavy (non-hydrogen) atoms. The van der Waals surface area contributed by atoms with Gasteiger partial charge in [0.25, 0.3) is 0 Å². The van der Waals surface area contributed by atoms with Gasteiger partial charge in [0.2, 0.25) is 0 Å². The highest BCUT2D eigenvalue weighted by Crippen LogP contribution is 2.17. The SMILES string of the molecule is Cn1c(C(=O)CC2CCCCN2)nc2ccccc21. The number of imidazole rings is 1. The first-order valence-corrected chi connectivity index (χ1v) is 6.94. The smallest absolute Gasteiger partial charge is 0.199 e. The average molecular weight is 257 g/mol. The maximum Gasteiger partial charge on any atom is 0.199 e. The first-order valence-electron chi connectivity index (χ1n) is 6.94. The van der Waals surface area contributed by atoms with Crippen molar-refractivity contribution in [1.82, 2.24) is 14.9 Å². The van der Waals surface area contributed by atoms with Crippen molar-refractivity contribution < 1.29 is 4.79 Å². The summed E-state index contributed by atoms with van der Waals surface area (Å²) in [5, 5.41) is 3.42. The van der Waals surface area contributed by atoms with E-state index in [0.29, 0.717) is 18.3 Å². The van der Waals surface area contributed by atoms with Crippen LogP contribution >= 0.6 is 0 Å². The summed E-state index contributed by atoms with van der Waals surface area (Å²) in [5.41, 5.74) is 1.91. The molecule has 1 fully saturated rings. The van der Waals surface area contributed by atoms with Crippen LogP contribution in [0.4, 0.5) is 0 Å². The van der Waals surface area contributed by atoms with Gasteiger partial charge in [-0.1, -0.05) is 18.6 Å². The number of ketones is 1. The number of benzene rings is 1. The van der Waals surface area contributed by atoms with Gasteiger partial charge in [0.15, 0.2) is 11.6 Å². The standard InChI is InChI=1S/C15H19N3O/c1-18-13-8-3-2-7-12(13)17-15(18)14(19)10-11-6-4-5-9-16-11/h2-3,7-8,11,16H,4-6,9-10H2,1H3. The van der Waals surface area contributed by atoms with E-state index >= 15 is 0 Å². The summed E-state index contributed by atoms with van der Waals surface area (Å²) in [4.78, 5) is 16.8. The van der Waals surface area contributed by atoms with Crippen LogP contribution in [0, 0.1) is 0 Å². The van der Waals surface area contributed by atoms with Crippen LogP contribution in [0.25, 0.3) is 11.0 Å². The molecule has 0 radical (unpaired) electrons. The van der Waals surface area contributed by atoms with Gasteiger partial charge in [-0.3, -0.25) is 4.79 Å². The second kappa shape index (κ2) is 5.13. The lowest BCUT2D eigenvalue weighted by Gasteiger charge is -2.22. The van der Waals surface area contributed by atoms with Gasteiger partial charge in [-0.25, -0.2) is 4.98 Å². The summed E-state index contributed by atoms with van der Waals surface area (Å²) in [6, 6.07) is 8.19. The molecular weight excluding hydrogens is 238 g/mol. The lowest BCUT2D eigenvalue weighted by atomic mass is 10.00. The van der Waals surface area contributed by atoms with E-state index in [2.05, 4.69) is 10.3 Å². The largest absolute Gasteiger partial charge is 0.325 e. The van der Waals surface area contributed by atoms with Crippen molar-refractivity contribution in [3.8, 4) is 0 Å². The molecule has 0 aliphatic carbocycles. The van der Waals surface area contributed by atoms with Gasteiger partial charge in [0.05, 0.1) is 11.0 Å². The van der Waals surface area contributed by atoms with Crippen molar-refractivity contribution in [3.63, 3.8) is 0 Å². The molecule has 3 rings (SSSR count). The van der Waals surface area contributed by atoms with Crippen LogP contribution in [0.15, 0.2) is 24.3 Å². The number of nitrogens with one attached hydrogen (secondary N) is 1. The highest BCUT2D eigenvalue weighted by molar-refractivity contribution is 5.96. The van der Waals surface area contributed by atoms with Gasteiger partial charge in [0, 0.05) is 19.5 Å². The fourth-order valence-corrected chi connectivity index (χ4v) is 2.81. The van der Waals surface area contributed by atoms with Crippen LogP contribution in [-0.4, -0.2) is 27.9 Å². The third kappa shape index (κ3) is 2.40. The molecule has 0 saturated carbocycles. The lowest BCUT2D eigenvalue weighted by Crippen LogP contribution is -2.36. The molecule has 2 aromatic rings. The zero-order valence-electron chi connectivity index (χ0n) is 11.2. The molecule has 1 saturated heterocycles. The highest BCUT2D eigenvalue weighted by Gasteiger charge is 2.21. The summed E-state index contributed by atoms with van der Waals surface area (Å²) in [6.45, 7) is 1.03. The predicted octanol–water partition coefficient (Wildman–Crippen LogP) is 2.29. The van der Waals surface area contributed by atoms with Crippen LogP contribution < -0.4 is 5.32 Å². The number of para-hydroxylation sites is 2. The van der Waals surface area contributed by atoms with Crippen LogP contribution in [0.5, 0.6) is 0 Å². The third-order valence-corrected chi connectivity index (χ3v) is 3.88. The molecule has 4 nitrogen and oxygen atoms in total. The molecule has 1 aromatic heterocycles. The molecule has 1 aliphatic rings. The molecule has 0 spiro atoms. The van der Waals surface area contributed by atoms with E-state index in [-0.39, 0.29) is 5.78 Å². The van der Waals surface area contributed by atoms with Crippen molar-refractivity contribution in [2.24, 2.45) is 7.05 Å². The number of carbonyl (C=O) groups excluding carboxylic acids is 1. The maximum atomic E-state index is 12.4. The Morgan fingerprint density at radius 3 is 3.00 bits per heavy atom. The zero-order chi connectivity index (χ0) is 13.2. The van der Waals surface area contributed by atoms with Crippen molar-refractivity contribution in [3.05, 3.63) is 30.1 Å². The Balaban J connectivity index is 1.83. The van der Waals surface area contributed by atoms with E-state index in [0.717, 1.165) is 24.0 Å². The average Bonchev–Trinajstić information content (AvgIpc) is 2.78. The molecule has 4 heteroatoms. The topological polar surface area (TPSA) is 46.9 Å². The Bertz CT molecular complexity index is 596. The van der Waals surface area contributed by atoms with E-state index in [9.17, 15) is 4.79 Å². The van der Waals surface area contributed by atoms with Crippen molar-refractivity contribution in [2.75, 3.05) is 6.54 Å². The molecule has 1 aromatic carbocycles. The number of aromatic nitrogens is 2. The lowest BCUT2D eigenvalue weighted by molar-refractivity contribution is 0.0951. The summed E-state index contributed by atoms with van der Waals surface area (Å²) < 4.78 is 1.90. The summed E-state index contributed by atoms with van der Waals surface area (Å²) in [6.07, 6.45) is 4.08. The summed E-state index contributed by atoms with van der Waals surface area (Å²) >= 11 is 0. The van der Waals surface area contributed by atoms with E-state index in [4.69, 9.17) is 0 Å².